The summed E-state index contributed by atoms with van der Waals surface area (Å²) in [5.41, 5.74) is 1.30. The van der Waals surface area contributed by atoms with Crippen LogP contribution in [0.3, 0.4) is 0 Å². The first-order chi connectivity index (χ1) is 17.9. The number of para-hydroxylation sites is 1. The molecule has 0 aromatic heterocycles. The lowest BCUT2D eigenvalue weighted by Gasteiger charge is -2.28. The Labute approximate surface area is 214 Å². The smallest absolute Gasteiger partial charge is 0.412 e. The number of ether oxygens (including phenoxy) is 3. The molecule has 3 aromatic rings. The number of methoxy groups -OCH3 is 1. The minimum Gasteiger partial charge on any atom is -0.504 e. The van der Waals surface area contributed by atoms with E-state index in [2.05, 4.69) is 5.32 Å². The Kier molecular flexibility index (Phi) is 9.51. The predicted octanol–water partition coefficient (Wildman–Crippen LogP) is 5.43. The second kappa shape index (κ2) is 13.2. The molecule has 0 unspecified atom stereocenters. The quantitative estimate of drug-likeness (QED) is 0.295. The monoisotopic (exact) mass is 502 g/mol. The van der Waals surface area contributed by atoms with Gasteiger partial charge in [0.2, 0.25) is 0 Å². The number of carboxylic acids is 1. The minimum atomic E-state index is -1.07. The third kappa shape index (κ3) is 8.04. The van der Waals surface area contributed by atoms with Crippen LogP contribution in [0.25, 0.3) is 0 Å². The number of benzene rings is 3. The lowest BCUT2D eigenvalue weighted by molar-refractivity contribution is -0.131. The Bertz CT molecular complexity index is 1270. The van der Waals surface area contributed by atoms with Gasteiger partial charge in [0, 0.05) is 17.3 Å². The Morgan fingerprint density at radius 3 is 2.43 bits per heavy atom. The third-order valence-electron chi connectivity index (χ3n) is 5.27. The maximum atomic E-state index is 12.9. The molecule has 0 aliphatic heterocycles. The summed E-state index contributed by atoms with van der Waals surface area (Å²) in [6.07, 6.45) is 0.611. The van der Waals surface area contributed by atoms with E-state index in [1.165, 1.54) is 19.3 Å². The van der Waals surface area contributed by atoms with E-state index < -0.39 is 24.3 Å². The van der Waals surface area contributed by atoms with Crippen molar-refractivity contribution in [1.29, 1.82) is 5.26 Å². The first-order valence-corrected chi connectivity index (χ1v) is 11.4. The van der Waals surface area contributed by atoms with Crippen molar-refractivity contribution >= 4 is 17.7 Å². The summed E-state index contributed by atoms with van der Waals surface area (Å²) in [6, 6.07) is 21.8. The number of phenols is 1. The van der Waals surface area contributed by atoms with E-state index in [0.717, 1.165) is 6.08 Å². The van der Waals surface area contributed by atoms with Crippen LogP contribution in [0.5, 0.6) is 17.2 Å². The maximum Gasteiger partial charge on any atom is 0.412 e. The zero-order chi connectivity index (χ0) is 26.6. The Balaban J connectivity index is 1.92. The summed E-state index contributed by atoms with van der Waals surface area (Å²) in [6.45, 7) is 0. The second-order valence-electron chi connectivity index (χ2n) is 7.86. The van der Waals surface area contributed by atoms with Crippen molar-refractivity contribution in [3.8, 4) is 23.3 Å². The van der Waals surface area contributed by atoms with Crippen molar-refractivity contribution in [3.63, 3.8) is 0 Å². The number of carboxylic acid groups (broad SMARTS) is 1. The molecule has 9 heteroatoms. The van der Waals surface area contributed by atoms with Gasteiger partial charge in [0.05, 0.1) is 18.7 Å². The molecule has 0 aliphatic rings. The molecule has 3 aromatic carbocycles. The van der Waals surface area contributed by atoms with Crippen LogP contribution in [-0.2, 0) is 9.53 Å². The number of amides is 1. The van der Waals surface area contributed by atoms with Crippen LogP contribution in [-0.4, -0.2) is 35.5 Å². The maximum absolute atomic E-state index is 12.9. The molecule has 0 saturated carbocycles. The highest BCUT2D eigenvalue weighted by Gasteiger charge is 2.30. The van der Waals surface area contributed by atoms with E-state index in [-0.39, 0.29) is 11.5 Å². The van der Waals surface area contributed by atoms with E-state index in [4.69, 9.17) is 24.6 Å². The number of nitriles is 1. The lowest BCUT2D eigenvalue weighted by Crippen LogP contribution is -2.31. The molecule has 9 nitrogen and oxygen atoms in total. The van der Waals surface area contributed by atoms with Gasteiger partial charge in [-0.05, 0) is 61.4 Å². The summed E-state index contributed by atoms with van der Waals surface area (Å²) in [5.74, 6) is -0.455. The topological polar surface area (TPSA) is 138 Å². The van der Waals surface area contributed by atoms with Crippen LogP contribution >= 0.6 is 0 Å². The molecule has 0 aliphatic carbocycles. The molecule has 0 radical (unpaired) electrons. The van der Waals surface area contributed by atoms with Crippen molar-refractivity contribution in [2.75, 3.05) is 12.4 Å². The van der Waals surface area contributed by atoms with Gasteiger partial charge in [-0.15, -0.1) is 0 Å². The molecule has 1 amide bonds. The fourth-order valence-corrected chi connectivity index (χ4v) is 3.52. The highest BCUT2D eigenvalue weighted by Crippen LogP contribution is 2.34. The number of anilines is 1. The molecule has 0 heterocycles. The van der Waals surface area contributed by atoms with Gasteiger partial charge in [-0.25, -0.2) is 9.59 Å². The van der Waals surface area contributed by atoms with Gasteiger partial charge in [-0.1, -0.05) is 30.3 Å². The van der Waals surface area contributed by atoms with Crippen LogP contribution < -0.4 is 14.8 Å². The van der Waals surface area contributed by atoms with Crippen molar-refractivity contribution in [2.45, 2.75) is 25.0 Å². The molecule has 37 heavy (non-hydrogen) atoms. The van der Waals surface area contributed by atoms with E-state index >= 15 is 0 Å². The third-order valence-corrected chi connectivity index (χ3v) is 5.27. The van der Waals surface area contributed by atoms with Crippen LogP contribution in [0, 0.1) is 11.3 Å². The zero-order valence-electron chi connectivity index (χ0n) is 20.0. The van der Waals surface area contributed by atoms with Gasteiger partial charge in [-0.3, -0.25) is 5.32 Å². The average molecular weight is 503 g/mol. The molecule has 2 atom stereocenters. The standard InChI is InChI=1S/C28H26N2O7/c1-35-24-16-13-20(17-23(24)31)27(37-28(34)30-21-14-11-19(18-29)12-15-21)25(9-5-6-10-26(32)33)36-22-7-3-2-4-8-22/h2-4,6-8,10-17,25,27,31H,5,9H2,1H3,(H,30,34)(H,32,33)/b10-6+/t25-,27-/m0/s1. The van der Waals surface area contributed by atoms with E-state index in [9.17, 15) is 14.7 Å². The number of rotatable bonds is 11. The van der Waals surface area contributed by atoms with Crippen molar-refractivity contribution in [2.24, 2.45) is 0 Å². The Morgan fingerprint density at radius 1 is 1.08 bits per heavy atom. The van der Waals surface area contributed by atoms with Crippen molar-refractivity contribution in [1.82, 2.24) is 0 Å². The highest BCUT2D eigenvalue weighted by molar-refractivity contribution is 5.84. The van der Waals surface area contributed by atoms with Gasteiger partial charge < -0.3 is 24.4 Å². The first-order valence-electron chi connectivity index (χ1n) is 11.4. The summed E-state index contributed by atoms with van der Waals surface area (Å²) in [7, 11) is 1.42. The molecular formula is C28H26N2O7. The predicted molar refractivity (Wildman–Crippen MR) is 136 cm³/mol. The van der Waals surface area contributed by atoms with Crippen LogP contribution in [0.15, 0.2) is 84.9 Å². The van der Waals surface area contributed by atoms with Gasteiger partial charge in [-0.2, -0.15) is 5.26 Å². The fraction of sp³-hybridized carbons (Fsp3) is 0.179. The number of aliphatic carboxylic acids is 1. The number of allylic oxidation sites excluding steroid dienone is 1. The molecule has 0 bridgehead atoms. The summed E-state index contributed by atoms with van der Waals surface area (Å²) in [4.78, 5) is 23.8. The number of carbonyl (C=O) groups is 2. The van der Waals surface area contributed by atoms with Crippen LogP contribution in [0.1, 0.15) is 30.1 Å². The largest absolute Gasteiger partial charge is 0.504 e. The molecule has 3 N–H and O–H groups in total. The van der Waals surface area contributed by atoms with Crippen LogP contribution in [0.4, 0.5) is 10.5 Å². The average Bonchev–Trinajstić information content (AvgIpc) is 2.90. The summed E-state index contributed by atoms with van der Waals surface area (Å²) < 4.78 is 17.1. The number of hydrogen-bond acceptors (Lipinski definition) is 7. The zero-order valence-corrected chi connectivity index (χ0v) is 20.0. The molecule has 0 saturated heterocycles. The first kappa shape index (κ1) is 26.6. The Morgan fingerprint density at radius 2 is 1.81 bits per heavy atom. The Hall–Kier alpha value is -4.97. The number of nitrogens with one attached hydrogen (secondary N) is 1. The van der Waals surface area contributed by atoms with Crippen molar-refractivity contribution in [3.05, 3.63) is 96.1 Å². The second-order valence-corrected chi connectivity index (χ2v) is 7.86. The van der Waals surface area contributed by atoms with Gasteiger partial charge >= 0.3 is 12.1 Å². The van der Waals surface area contributed by atoms with Crippen molar-refractivity contribution < 1.29 is 34.0 Å². The number of carbonyl (C=O) groups excluding carboxylic acids is 1. The molecule has 190 valence electrons. The van der Waals surface area contributed by atoms with E-state index in [1.54, 1.807) is 60.7 Å². The highest BCUT2D eigenvalue weighted by atomic mass is 16.6. The van der Waals surface area contributed by atoms with Crippen LogP contribution in [0.2, 0.25) is 0 Å². The minimum absolute atomic E-state index is 0.148. The number of phenolic OH excluding ortho intramolecular Hbond substituents is 1. The SMILES string of the molecule is COc1ccc([C@H](OC(=O)Nc2ccc(C#N)cc2)[C@H](CC/C=C/C(=O)O)Oc2ccccc2)cc1O. The van der Waals surface area contributed by atoms with Gasteiger partial charge in [0.1, 0.15) is 11.9 Å². The number of hydrogen-bond donors (Lipinski definition) is 3. The molecular weight excluding hydrogens is 476 g/mol. The van der Waals surface area contributed by atoms with Gasteiger partial charge in [0.15, 0.2) is 17.6 Å². The normalized spacial score (nSPS) is 12.2. The molecule has 0 fully saturated rings. The lowest BCUT2D eigenvalue weighted by atomic mass is 9.99. The van der Waals surface area contributed by atoms with Gasteiger partial charge in [0.25, 0.3) is 0 Å². The molecule has 3 rings (SSSR count). The number of nitrogens with zero attached hydrogens (tertiary/aromatic N) is 1. The number of aromatic hydroxyl groups is 1. The summed E-state index contributed by atoms with van der Waals surface area (Å²) in [5, 5.41) is 30.9. The fourth-order valence-electron chi connectivity index (χ4n) is 3.52. The molecule has 0 spiro atoms. The van der Waals surface area contributed by atoms with E-state index in [0.29, 0.717) is 35.4 Å². The van der Waals surface area contributed by atoms with E-state index in [1.807, 2.05) is 12.1 Å². The summed E-state index contributed by atoms with van der Waals surface area (Å²) >= 11 is 0.